The number of para-hydroxylation sites is 1. The second kappa shape index (κ2) is 7.60. The first-order chi connectivity index (χ1) is 13.7. The summed E-state index contributed by atoms with van der Waals surface area (Å²) < 4.78 is 10.6. The highest BCUT2D eigenvalue weighted by molar-refractivity contribution is 6.04. The molecule has 0 bridgehead atoms. The van der Waals surface area contributed by atoms with E-state index in [4.69, 9.17) is 14.2 Å². The van der Waals surface area contributed by atoms with E-state index in [1.54, 1.807) is 48.7 Å². The van der Waals surface area contributed by atoms with Crippen LogP contribution in [-0.2, 0) is 6.42 Å². The van der Waals surface area contributed by atoms with E-state index in [-0.39, 0.29) is 5.91 Å². The molecule has 1 N–H and O–H groups in total. The number of nitrogens with zero attached hydrogens (tertiary/aromatic N) is 3. The number of rotatable bonds is 5. The number of carbonyl (C=O) groups excluding carboxylic acids is 1. The lowest BCUT2D eigenvalue weighted by Crippen LogP contribution is -2.13. The number of anilines is 1. The Morgan fingerprint density at radius 2 is 1.89 bits per heavy atom. The third kappa shape index (κ3) is 3.66. The summed E-state index contributed by atoms with van der Waals surface area (Å²) >= 11 is 0. The van der Waals surface area contributed by atoms with Crippen LogP contribution in [0.2, 0.25) is 0 Å². The molecule has 7 nitrogen and oxygen atoms in total. The first kappa shape index (κ1) is 17.2. The van der Waals surface area contributed by atoms with Crippen molar-refractivity contribution in [3.8, 4) is 17.7 Å². The summed E-state index contributed by atoms with van der Waals surface area (Å²) in [6, 6.07) is 19.4. The number of amides is 1. The van der Waals surface area contributed by atoms with Crippen molar-refractivity contribution in [1.29, 1.82) is 5.26 Å². The zero-order valence-electron chi connectivity index (χ0n) is 14.6. The van der Waals surface area contributed by atoms with E-state index in [1.807, 2.05) is 24.3 Å². The summed E-state index contributed by atoms with van der Waals surface area (Å²) in [7, 11) is 0. The topological polar surface area (TPSA) is 105 Å². The van der Waals surface area contributed by atoms with Gasteiger partial charge in [0.1, 0.15) is 0 Å². The van der Waals surface area contributed by atoms with Crippen LogP contribution in [0.1, 0.15) is 27.4 Å². The minimum Gasteiger partial charge on any atom is -0.461 e. The van der Waals surface area contributed by atoms with Crippen LogP contribution >= 0.6 is 0 Å². The van der Waals surface area contributed by atoms with Gasteiger partial charge < -0.3 is 14.3 Å². The van der Waals surface area contributed by atoms with Gasteiger partial charge in [0.15, 0.2) is 5.76 Å². The molecular weight excluding hydrogens is 356 g/mol. The lowest BCUT2D eigenvalue weighted by molar-refractivity contribution is 0.102. The quantitative estimate of drug-likeness (QED) is 0.568. The summed E-state index contributed by atoms with van der Waals surface area (Å²) in [5, 5.41) is 15.7. The molecule has 0 aliphatic carbocycles. The molecule has 7 heteroatoms. The highest BCUT2D eigenvalue weighted by atomic mass is 16.5. The largest absolute Gasteiger partial charge is 0.461 e. The van der Waals surface area contributed by atoms with E-state index in [9.17, 15) is 4.79 Å². The van der Waals surface area contributed by atoms with E-state index < -0.39 is 0 Å². The van der Waals surface area contributed by atoms with Gasteiger partial charge in [-0.3, -0.25) is 4.79 Å². The van der Waals surface area contributed by atoms with Crippen LogP contribution in [-0.4, -0.2) is 16.0 Å². The van der Waals surface area contributed by atoms with E-state index >= 15 is 0 Å². The third-order valence-corrected chi connectivity index (χ3v) is 4.09. The molecule has 0 saturated carbocycles. The van der Waals surface area contributed by atoms with Gasteiger partial charge in [0.25, 0.3) is 5.91 Å². The third-order valence-electron chi connectivity index (χ3n) is 4.09. The van der Waals surface area contributed by atoms with Crippen LogP contribution in [0.5, 0.6) is 0 Å². The van der Waals surface area contributed by atoms with Crippen LogP contribution < -0.4 is 5.32 Å². The van der Waals surface area contributed by atoms with Crippen molar-refractivity contribution in [3.63, 3.8) is 0 Å². The van der Waals surface area contributed by atoms with Gasteiger partial charge in [0, 0.05) is 11.3 Å². The smallest absolute Gasteiger partial charge is 0.255 e. The highest BCUT2D eigenvalue weighted by Gasteiger charge is 2.14. The molecule has 2 heterocycles. The summed E-state index contributed by atoms with van der Waals surface area (Å²) in [6.45, 7) is 0. The molecule has 2 aromatic heterocycles. The number of hydrogen-bond acceptors (Lipinski definition) is 6. The van der Waals surface area contributed by atoms with Crippen molar-refractivity contribution in [1.82, 2.24) is 10.1 Å². The number of aromatic nitrogens is 2. The van der Waals surface area contributed by atoms with Crippen molar-refractivity contribution in [2.45, 2.75) is 6.42 Å². The van der Waals surface area contributed by atoms with Gasteiger partial charge in [0.2, 0.25) is 11.7 Å². The molecule has 28 heavy (non-hydrogen) atoms. The lowest BCUT2D eigenvalue weighted by Gasteiger charge is -2.10. The number of furan rings is 1. The Morgan fingerprint density at radius 3 is 2.64 bits per heavy atom. The monoisotopic (exact) mass is 370 g/mol. The zero-order chi connectivity index (χ0) is 19.3. The van der Waals surface area contributed by atoms with Crippen LogP contribution in [0, 0.1) is 11.3 Å². The molecule has 4 rings (SSSR count). The summed E-state index contributed by atoms with van der Waals surface area (Å²) in [5.74, 6) is 1.04. The van der Waals surface area contributed by atoms with Gasteiger partial charge in [-0.15, -0.1) is 0 Å². The fourth-order valence-corrected chi connectivity index (χ4v) is 2.68. The van der Waals surface area contributed by atoms with Gasteiger partial charge in [-0.05, 0) is 48.0 Å². The minimum atomic E-state index is -0.265. The maximum atomic E-state index is 12.5. The molecule has 0 spiro atoms. The van der Waals surface area contributed by atoms with Crippen LogP contribution in [0.4, 0.5) is 5.69 Å². The van der Waals surface area contributed by atoms with Crippen molar-refractivity contribution in [2.24, 2.45) is 0 Å². The second-order valence-electron chi connectivity index (χ2n) is 5.97. The van der Waals surface area contributed by atoms with Crippen molar-refractivity contribution >= 4 is 11.6 Å². The molecule has 0 aliphatic heterocycles. The lowest BCUT2D eigenvalue weighted by atomic mass is 10.1. The van der Waals surface area contributed by atoms with Gasteiger partial charge in [0.05, 0.1) is 24.3 Å². The van der Waals surface area contributed by atoms with E-state index in [2.05, 4.69) is 15.5 Å². The standard InChI is InChI=1S/C21H14N4O3/c22-13-14-7-9-15(10-8-14)21(26)23-17-5-2-1-4-16(17)12-19-24-20(25-28-19)18-6-3-11-27-18/h1-11H,12H2,(H,23,26). The van der Waals surface area contributed by atoms with Crippen LogP contribution in [0.3, 0.4) is 0 Å². The molecule has 0 unspecified atom stereocenters. The van der Waals surface area contributed by atoms with Gasteiger partial charge in [-0.25, -0.2) is 0 Å². The molecule has 4 aromatic rings. The van der Waals surface area contributed by atoms with Gasteiger partial charge >= 0.3 is 0 Å². The number of nitriles is 1. The van der Waals surface area contributed by atoms with Crippen LogP contribution in [0.15, 0.2) is 75.9 Å². The molecule has 0 atom stereocenters. The fourth-order valence-electron chi connectivity index (χ4n) is 2.68. The van der Waals surface area contributed by atoms with Gasteiger partial charge in [-0.2, -0.15) is 10.2 Å². The molecule has 1 amide bonds. The van der Waals surface area contributed by atoms with Crippen molar-refractivity contribution in [3.05, 3.63) is 89.5 Å². The molecule has 0 saturated heterocycles. The van der Waals surface area contributed by atoms with E-state index in [0.29, 0.717) is 40.7 Å². The average Bonchev–Trinajstić information content (AvgIpc) is 3.41. The normalized spacial score (nSPS) is 10.4. The molecule has 2 aromatic carbocycles. The van der Waals surface area contributed by atoms with Crippen LogP contribution in [0.25, 0.3) is 11.6 Å². The second-order valence-corrected chi connectivity index (χ2v) is 5.97. The van der Waals surface area contributed by atoms with E-state index in [0.717, 1.165) is 5.56 Å². The zero-order valence-corrected chi connectivity index (χ0v) is 14.6. The summed E-state index contributed by atoms with van der Waals surface area (Å²) in [5.41, 5.74) is 2.45. The SMILES string of the molecule is N#Cc1ccc(C(=O)Nc2ccccc2Cc2nc(-c3ccco3)no2)cc1. The predicted molar refractivity (Wildman–Crippen MR) is 100 cm³/mol. The Bertz CT molecular complexity index is 1140. The Kier molecular flexibility index (Phi) is 4.68. The minimum absolute atomic E-state index is 0.265. The maximum Gasteiger partial charge on any atom is 0.255 e. The van der Waals surface area contributed by atoms with Crippen molar-refractivity contribution < 1.29 is 13.7 Å². The molecule has 0 fully saturated rings. The Labute approximate surface area is 160 Å². The average molecular weight is 370 g/mol. The Hall–Kier alpha value is -4.18. The number of hydrogen-bond donors (Lipinski definition) is 1. The number of nitrogens with one attached hydrogen (secondary N) is 1. The molecule has 0 aliphatic rings. The van der Waals surface area contributed by atoms with E-state index in [1.165, 1.54) is 0 Å². The Morgan fingerprint density at radius 1 is 1.07 bits per heavy atom. The summed E-state index contributed by atoms with van der Waals surface area (Å²) in [4.78, 5) is 16.9. The molecule has 0 radical (unpaired) electrons. The number of carbonyl (C=O) groups is 1. The van der Waals surface area contributed by atoms with Gasteiger partial charge in [-0.1, -0.05) is 23.4 Å². The number of benzene rings is 2. The Balaban J connectivity index is 1.52. The first-order valence-corrected chi connectivity index (χ1v) is 8.49. The fraction of sp³-hybridized carbons (Fsp3) is 0.0476. The predicted octanol–water partition coefficient (Wildman–Crippen LogP) is 4.04. The summed E-state index contributed by atoms with van der Waals surface area (Å²) in [6.07, 6.45) is 1.90. The molecule has 136 valence electrons. The first-order valence-electron chi connectivity index (χ1n) is 8.49. The van der Waals surface area contributed by atoms with Crippen molar-refractivity contribution in [2.75, 3.05) is 5.32 Å². The molecular formula is C21H14N4O3. The highest BCUT2D eigenvalue weighted by Crippen LogP contribution is 2.22. The maximum absolute atomic E-state index is 12.5.